The van der Waals surface area contributed by atoms with Crippen LogP contribution in [-0.2, 0) is 14.6 Å². The number of hydrogen-bond acceptors (Lipinski definition) is 6. The molecule has 0 aliphatic rings. The molecule has 114 valence electrons. The summed E-state index contributed by atoms with van der Waals surface area (Å²) in [5.41, 5.74) is 0.399. The molecule has 2 aromatic rings. The van der Waals surface area contributed by atoms with Crippen LogP contribution in [0.5, 0.6) is 5.75 Å². The smallest absolute Gasteiger partial charge is 0.262 e. The molecule has 1 amide bonds. The zero-order valence-electron chi connectivity index (χ0n) is 11.6. The molecule has 0 spiro atoms. The number of hydrogen-bond donors (Lipinski definition) is 1. The van der Waals surface area contributed by atoms with Crippen molar-refractivity contribution in [2.45, 2.75) is 4.90 Å². The topological polar surface area (TPSA) is 96.3 Å². The van der Waals surface area contributed by atoms with E-state index in [4.69, 9.17) is 10.00 Å². The van der Waals surface area contributed by atoms with Gasteiger partial charge in [-0.05, 0) is 35.7 Å². The summed E-state index contributed by atoms with van der Waals surface area (Å²) in [5.74, 6) is -0.0135. The molecule has 6 nitrogen and oxygen atoms in total. The van der Waals surface area contributed by atoms with E-state index in [0.717, 1.165) is 6.26 Å². The molecular formula is C14H12N2O4S2. The van der Waals surface area contributed by atoms with Crippen LogP contribution in [0.1, 0.15) is 5.56 Å². The quantitative estimate of drug-likeness (QED) is 0.901. The predicted octanol–water partition coefficient (Wildman–Crippen LogP) is 2.04. The third-order valence-corrected chi connectivity index (χ3v) is 4.62. The minimum absolute atomic E-state index is 0.182. The Balaban J connectivity index is 1.93. The van der Waals surface area contributed by atoms with Crippen LogP contribution in [0.3, 0.4) is 0 Å². The first kappa shape index (κ1) is 16.0. The molecule has 0 saturated carbocycles. The van der Waals surface area contributed by atoms with E-state index < -0.39 is 15.7 Å². The second kappa shape index (κ2) is 6.60. The zero-order valence-corrected chi connectivity index (χ0v) is 13.2. The van der Waals surface area contributed by atoms with Gasteiger partial charge in [-0.3, -0.25) is 4.79 Å². The van der Waals surface area contributed by atoms with E-state index in [1.165, 1.54) is 35.6 Å². The fourth-order valence-electron chi connectivity index (χ4n) is 1.59. The van der Waals surface area contributed by atoms with Crippen LogP contribution < -0.4 is 10.1 Å². The number of sulfone groups is 1. The van der Waals surface area contributed by atoms with E-state index in [2.05, 4.69) is 5.32 Å². The number of nitriles is 1. The van der Waals surface area contributed by atoms with Crippen molar-refractivity contribution in [1.82, 2.24) is 0 Å². The number of thiophene rings is 1. The number of ether oxygens (including phenoxy) is 1. The summed E-state index contributed by atoms with van der Waals surface area (Å²) < 4.78 is 27.9. The van der Waals surface area contributed by atoms with E-state index >= 15 is 0 Å². The summed E-state index contributed by atoms with van der Waals surface area (Å²) in [6, 6.07) is 9.38. The number of anilines is 1. The first-order valence-electron chi connectivity index (χ1n) is 6.10. The maximum Gasteiger partial charge on any atom is 0.262 e. The predicted molar refractivity (Wildman–Crippen MR) is 82.7 cm³/mol. The molecule has 0 aliphatic heterocycles. The van der Waals surface area contributed by atoms with Crippen molar-refractivity contribution in [3.63, 3.8) is 0 Å². The average Bonchev–Trinajstić information content (AvgIpc) is 2.92. The molecule has 1 N–H and O–H groups in total. The van der Waals surface area contributed by atoms with Crippen molar-refractivity contribution >= 4 is 32.1 Å². The fourth-order valence-corrected chi connectivity index (χ4v) is 2.97. The van der Waals surface area contributed by atoms with Gasteiger partial charge in [-0.1, -0.05) is 0 Å². The maximum atomic E-state index is 11.7. The number of amides is 1. The summed E-state index contributed by atoms with van der Waals surface area (Å²) in [5, 5.41) is 13.6. The molecule has 0 atom stereocenters. The van der Waals surface area contributed by atoms with Crippen molar-refractivity contribution in [3.8, 4) is 11.8 Å². The summed E-state index contributed by atoms with van der Waals surface area (Å²) >= 11 is 1.25. The van der Waals surface area contributed by atoms with E-state index in [1.807, 2.05) is 6.07 Å². The molecule has 1 aromatic carbocycles. The lowest BCUT2D eigenvalue weighted by Crippen LogP contribution is -2.20. The highest BCUT2D eigenvalue weighted by Gasteiger charge is 2.10. The third kappa shape index (κ3) is 4.07. The lowest BCUT2D eigenvalue weighted by molar-refractivity contribution is -0.118. The van der Waals surface area contributed by atoms with E-state index in [1.54, 1.807) is 11.4 Å². The first-order chi connectivity index (χ1) is 10.4. The van der Waals surface area contributed by atoms with E-state index in [0.29, 0.717) is 16.3 Å². The second-order valence-corrected chi connectivity index (χ2v) is 7.29. The number of nitrogens with zero attached hydrogens (tertiary/aromatic N) is 1. The Labute approximate surface area is 131 Å². The molecule has 0 unspecified atom stereocenters. The highest BCUT2D eigenvalue weighted by atomic mass is 32.2. The van der Waals surface area contributed by atoms with Crippen LogP contribution >= 0.6 is 11.3 Å². The molecule has 2 rings (SSSR count). The van der Waals surface area contributed by atoms with Gasteiger partial charge in [-0.15, -0.1) is 11.3 Å². The third-order valence-electron chi connectivity index (χ3n) is 2.66. The van der Waals surface area contributed by atoms with Crippen LogP contribution in [-0.4, -0.2) is 27.2 Å². The molecule has 0 fully saturated rings. The van der Waals surface area contributed by atoms with Gasteiger partial charge < -0.3 is 10.1 Å². The Morgan fingerprint density at radius 1 is 1.32 bits per heavy atom. The highest BCUT2D eigenvalue weighted by Crippen LogP contribution is 2.22. The Morgan fingerprint density at radius 3 is 2.59 bits per heavy atom. The number of benzene rings is 1. The molecular weight excluding hydrogens is 324 g/mol. The summed E-state index contributed by atoms with van der Waals surface area (Å²) in [6.07, 6.45) is 1.12. The Morgan fingerprint density at radius 2 is 2.00 bits per heavy atom. The fraction of sp³-hybridized carbons (Fsp3) is 0.143. The SMILES string of the molecule is CS(=O)(=O)c1ccc(OCC(=O)Nc2sccc2C#N)cc1. The highest BCUT2D eigenvalue weighted by molar-refractivity contribution is 7.90. The lowest BCUT2D eigenvalue weighted by Gasteiger charge is -2.07. The van der Waals surface area contributed by atoms with Gasteiger partial charge in [0.2, 0.25) is 0 Å². The molecule has 1 heterocycles. The molecule has 8 heteroatoms. The van der Waals surface area contributed by atoms with Crippen molar-refractivity contribution in [3.05, 3.63) is 41.3 Å². The van der Waals surface area contributed by atoms with Gasteiger partial charge in [-0.25, -0.2) is 8.42 Å². The van der Waals surface area contributed by atoms with Crippen LogP contribution in [0.2, 0.25) is 0 Å². The molecule has 0 bridgehead atoms. The van der Waals surface area contributed by atoms with E-state index in [9.17, 15) is 13.2 Å². The summed E-state index contributed by atoms with van der Waals surface area (Å²) in [6.45, 7) is -0.235. The van der Waals surface area contributed by atoms with Crippen LogP contribution in [0, 0.1) is 11.3 Å². The van der Waals surface area contributed by atoms with Gasteiger partial charge in [-0.2, -0.15) is 5.26 Å². The lowest BCUT2D eigenvalue weighted by atomic mass is 10.3. The summed E-state index contributed by atoms with van der Waals surface area (Å²) in [4.78, 5) is 11.9. The summed E-state index contributed by atoms with van der Waals surface area (Å²) in [7, 11) is -3.26. The van der Waals surface area contributed by atoms with Gasteiger partial charge >= 0.3 is 0 Å². The van der Waals surface area contributed by atoms with Crippen molar-refractivity contribution in [1.29, 1.82) is 5.26 Å². The number of carbonyl (C=O) groups is 1. The van der Waals surface area contributed by atoms with E-state index in [-0.39, 0.29) is 11.5 Å². The van der Waals surface area contributed by atoms with Crippen molar-refractivity contribution < 1.29 is 17.9 Å². The van der Waals surface area contributed by atoms with Gasteiger partial charge in [0.25, 0.3) is 5.91 Å². The largest absolute Gasteiger partial charge is 0.484 e. The van der Waals surface area contributed by atoms with Crippen LogP contribution in [0.15, 0.2) is 40.6 Å². The minimum atomic E-state index is -3.26. The molecule has 1 aromatic heterocycles. The first-order valence-corrected chi connectivity index (χ1v) is 8.87. The molecule has 0 radical (unpaired) electrons. The van der Waals surface area contributed by atoms with Gasteiger partial charge in [0.15, 0.2) is 16.4 Å². The molecule has 0 saturated heterocycles. The van der Waals surface area contributed by atoms with Crippen molar-refractivity contribution in [2.24, 2.45) is 0 Å². The Kier molecular flexibility index (Phi) is 4.80. The van der Waals surface area contributed by atoms with Crippen LogP contribution in [0.4, 0.5) is 5.00 Å². The Hall–Kier alpha value is -2.37. The number of nitrogens with one attached hydrogen (secondary N) is 1. The normalized spacial score (nSPS) is 10.7. The van der Waals surface area contributed by atoms with Crippen LogP contribution in [0.25, 0.3) is 0 Å². The van der Waals surface area contributed by atoms with Gasteiger partial charge in [0.05, 0.1) is 10.5 Å². The molecule has 0 aliphatic carbocycles. The van der Waals surface area contributed by atoms with Gasteiger partial charge in [0, 0.05) is 6.26 Å². The number of rotatable bonds is 5. The standard InChI is InChI=1S/C14H12N2O4S2/c1-22(18,19)12-4-2-11(3-5-12)20-9-13(17)16-14-10(8-15)6-7-21-14/h2-7H,9H2,1H3,(H,16,17). The zero-order chi connectivity index (χ0) is 16.2. The second-order valence-electron chi connectivity index (χ2n) is 4.36. The Bertz CT molecular complexity index is 817. The van der Waals surface area contributed by atoms with Crippen molar-refractivity contribution in [2.75, 3.05) is 18.2 Å². The molecule has 22 heavy (non-hydrogen) atoms. The minimum Gasteiger partial charge on any atom is -0.484 e. The maximum absolute atomic E-state index is 11.7. The average molecular weight is 336 g/mol. The number of carbonyl (C=O) groups excluding carboxylic acids is 1. The monoisotopic (exact) mass is 336 g/mol. The van der Waals surface area contributed by atoms with Gasteiger partial charge in [0.1, 0.15) is 16.8 Å².